The monoisotopic (exact) mass is 612 g/mol. The average molecular weight is 613 g/mol. The van der Waals surface area contributed by atoms with Gasteiger partial charge in [0, 0.05) is 64.3 Å². The molecule has 43 heavy (non-hydrogen) atoms. The van der Waals surface area contributed by atoms with Crippen LogP contribution in [0.4, 0.5) is 8.78 Å². The molecule has 5 fully saturated rings. The maximum atomic E-state index is 15.5. The van der Waals surface area contributed by atoms with Gasteiger partial charge in [-0.05, 0) is 38.8 Å². The smallest absolute Gasteiger partial charge is 0.229 e. The minimum Gasteiger partial charge on any atom is -0.384 e. The van der Waals surface area contributed by atoms with Crippen molar-refractivity contribution in [1.29, 1.82) is 0 Å². The topological polar surface area (TPSA) is 141 Å². The molecule has 5 rings (SSSR count). The number of hydrogen-bond acceptors (Lipinski definition) is 9. The Morgan fingerprint density at radius 2 is 1.67 bits per heavy atom. The lowest BCUT2D eigenvalue weighted by atomic mass is 9.88. The summed E-state index contributed by atoms with van der Waals surface area (Å²) >= 11 is 0. The molecule has 0 aromatic carbocycles. The first kappa shape index (κ1) is 32.9. The van der Waals surface area contributed by atoms with Crippen molar-refractivity contribution in [3.63, 3.8) is 0 Å². The Labute approximate surface area is 255 Å². The van der Waals surface area contributed by atoms with Crippen molar-refractivity contribution < 1.29 is 23.1 Å². The number of amides is 2. The predicted octanol–water partition coefficient (Wildman–Crippen LogP) is -0.250. The molecule has 11 nitrogen and oxygen atoms in total. The number of alkyl halides is 2. The number of nitrogens with one attached hydrogen (secondary N) is 3. The quantitative estimate of drug-likeness (QED) is 0.176. The summed E-state index contributed by atoms with van der Waals surface area (Å²) in [5.41, 5.74) is 12.5. The van der Waals surface area contributed by atoms with Crippen LogP contribution in [0.5, 0.6) is 0 Å². The third-order valence-corrected chi connectivity index (χ3v) is 10.5. The van der Waals surface area contributed by atoms with Gasteiger partial charge in [-0.2, -0.15) is 0 Å². The van der Waals surface area contributed by atoms with Gasteiger partial charge in [0.25, 0.3) is 0 Å². The number of ether oxygens (including phenoxy) is 1. The average Bonchev–Trinajstić information content (AvgIpc) is 3.25. The predicted molar refractivity (Wildman–Crippen MR) is 160 cm³/mol. The van der Waals surface area contributed by atoms with Crippen molar-refractivity contribution in [2.75, 3.05) is 66.1 Å². The van der Waals surface area contributed by atoms with E-state index in [4.69, 9.17) is 16.2 Å². The van der Waals surface area contributed by atoms with Crippen LogP contribution in [0.3, 0.4) is 0 Å². The summed E-state index contributed by atoms with van der Waals surface area (Å²) in [6, 6.07) is -0.838. The molecular formula is C30H54F2N8O3. The molecule has 13 heteroatoms. The fraction of sp³-hybridized carbons (Fsp3) is 0.933. The lowest BCUT2D eigenvalue weighted by molar-refractivity contribution is -0.145. The van der Waals surface area contributed by atoms with Gasteiger partial charge in [-0.25, -0.2) is 8.78 Å². The molecule has 0 aromatic rings. The maximum absolute atomic E-state index is 15.5. The molecule has 0 spiro atoms. The van der Waals surface area contributed by atoms with Gasteiger partial charge in [0.1, 0.15) is 12.3 Å². The fourth-order valence-corrected chi connectivity index (χ4v) is 8.16. The molecule has 5 aliphatic rings. The first-order chi connectivity index (χ1) is 20.8. The first-order valence-electron chi connectivity index (χ1n) is 16.6. The van der Waals surface area contributed by atoms with Crippen LogP contribution in [-0.2, 0) is 14.3 Å². The van der Waals surface area contributed by atoms with Crippen LogP contribution in [0.2, 0.25) is 0 Å². The summed E-state index contributed by atoms with van der Waals surface area (Å²) in [6.07, 6.45) is 4.10. The van der Waals surface area contributed by atoms with Crippen molar-refractivity contribution in [1.82, 2.24) is 30.7 Å². The number of hydrogen-bond donors (Lipinski definition) is 5. The Balaban J connectivity index is 1.22. The minimum atomic E-state index is -1.18. The van der Waals surface area contributed by atoms with Gasteiger partial charge in [-0.15, -0.1) is 0 Å². The normalized spacial score (nSPS) is 33.6. The summed E-state index contributed by atoms with van der Waals surface area (Å²) in [6.45, 7) is 4.37. The van der Waals surface area contributed by atoms with Crippen molar-refractivity contribution in [3.8, 4) is 0 Å². The molecule has 0 bridgehead atoms. The molecule has 6 atom stereocenters. The molecule has 4 aliphatic heterocycles. The minimum absolute atomic E-state index is 0.0566. The molecule has 7 N–H and O–H groups in total. The molecule has 2 amide bonds. The molecule has 0 aromatic heterocycles. The van der Waals surface area contributed by atoms with E-state index >= 15 is 4.39 Å². The lowest BCUT2D eigenvalue weighted by Gasteiger charge is -2.48. The second-order valence-corrected chi connectivity index (χ2v) is 13.6. The van der Waals surface area contributed by atoms with Crippen molar-refractivity contribution in [2.45, 2.75) is 94.2 Å². The van der Waals surface area contributed by atoms with Gasteiger partial charge in [0.2, 0.25) is 11.8 Å². The third-order valence-electron chi connectivity index (χ3n) is 10.5. The summed E-state index contributed by atoms with van der Waals surface area (Å²) in [4.78, 5) is 33.1. The van der Waals surface area contributed by atoms with Gasteiger partial charge >= 0.3 is 0 Å². The van der Waals surface area contributed by atoms with Crippen LogP contribution >= 0.6 is 0 Å². The largest absolute Gasteiger partial charge is 0.384 e. The third kappa shape index (κ3) is 7.85. The van der Waals surface area contributed by atoms with Gasteiger partial charge in [0.05, 0.1) is 36.9 Å². The maximum Gasteiger partial charge on any atom is 0.229 e. The number of halogens is 2. The summed E-state index contributed by atoms with van der Waals surface area (Å²) < 4.78 is 35.4. The van der Waals surface area contributed by atoms with Crippen LogP contribution in [-0.4, -0.2) is 135 Å². The van der Waals surface area contributed by atoms with E-state index in [0.717, 1.165) is 38.8 Å². The van der Waals surface area contributed by atoms with E-state index in [1.807, 2.05) is 4.90 Å². The Kier molecular flexibility index (Phi) is 11.6. The Bertz CT molecular complexity index is 912. The van der Waals surface area contributed by atoms with Crippen LogP contribution in [0.1, 0.15) is 51.4 Å². The van der Waals surface area contributed by atoms with Crippen LogP contribution in [0.15, 0.2) is 0 Å². The number of rotatable bonds is 9. The van der Waals surface area contributed by atoms with Gasteiger partial charge in [-0.3, -0.25) is 24.7 Å². The highest BCUT2D eigenvalue weighted by Gasteiger charge is 2.46. The van der Waals surface area contributed by atoms with E-state index in [2.05, 4.69) is 25.8 Å². The zero-order chi connectivity index (χ0) is 30.5. The highest BCUT2D eigenvalue weighted by molar-refractivity contribution is 5.81. The van der Waals surface area contributed by atoms with E-state index in [1.165, 1.54) is 12.8 Å². The fourth-order valence-electron chi connectivity index (χ4n) is 8.16. The number of nitrogens with zero attached hydrogens (tertiary/aromatic N) is 3. The van der Waals surface area contributed by atoms with E-state index in [1.54, 1.807) is 7.11 Å². The standard InChI is InChI=1S/C30H54F2N8O3/c1-43-18-19-15-39(16-19)30(42)20-8-10-38(11-9-20)26-23(32)13-35-14-24(26)37-29(41)25(27(33)34)28-36-12-21(31)17-40(28)22-6-4-2-3-5-7-22/h19-28,35-36H,2-18,33-34H2,1H3,(H,37,41). The van der Waals surface area contributed by atoms with Gasteiger partial charge < -0.3 is 31.7 Å². The highest BCUT2D eigenvalue weighted by atomic mass is 19.1. The Morgan fingerprint density at radius 3 is 2.33 bits per heavy atom. The van der Waals surface area contributed by atoms with E-state index in [0.29, 0.717) is 45.0 Å². The summed E-state index contributed by atoms with van der Waals surface area (Å²) in [7, 11) is 1.68. The van der Waals surface area contributed by atoms with E-state index in [9.17, 15) is 14.0 Å². The second-order valence-electron chi connectivity index (χ2n) is 13.6. The van der Waals surface area contributed by atoms with Crippen molar-refractivity contribution in [2.24, 2.45) is 29.2 Å². The number of carbonyl (C=O) groups excluding carboxylic acids is 2. The van der Waals surface area contributed by atoms with Gasteiger partial charge in [0.15, 0.2) is 0 Å². The number of carbonyl (C=O) groups is 2. The summed E-state index contributed by atoms with van der Waals surface area (Å²) in [5, 5.41) is 9.50. The second kappa shape index (κ2) is 15.2. The molecule has 1 saturated carbocycles. The number of nitrogens with two attached hydrogens (primary N) is 2. The van der Waals surface area contributed by atoms with Crippen molar-refractivity contribution >= 4 is 11.8 Å². The SMILES string of the molecule is COCC1CN(C(=O)C2CCN(C3C(F)CNCC3NC(=O)C(C(N)N)C3NCC(F)CN3C3CCCCCC3)CC2)C1. The molecule has 0 radical (unpaired) electrons. The molecule has 6 unspecified atom stereocenters. The van der Waals surface area contributed by atoms with Crippen LogP contribution in [0.25, 0.3) is 0 Å². The Hall–Kier alpha value is -1.48. The Morgan fingerprint density at radius 1 is 0.977 bits per heavy atom. The molecule has 246 valence electrons. The summed E-state index contributed by atoms with van der Waals surface area (Å²) in [5.74, 6) is -0.611. The van der Waals surface area contributed by atoms with Crippen molar-refractivity contribution in [3.05, 3.63) is 0 Å². The number of likely N-dealkylation sites (tertiary alicyclic amines) is 2. The van der Waals surface area contributed by atoms with Crippen LogP contribution < -0.4 is 27.4 Å². The van der Waals surface area contributed by atoms with E-state index < -0.39 is 42.7 Å². The van der Waals surface area contributed by atoms with Gasteiger partial charge in [-0.1, -0.05) is 25.7 Å². The lowest BCUT2D eigenvalue weighted by Crippen LogP contribution is -2.70. The molecular weight excluding hydrogens is 558 g/mol. The molecule has 4 heterocycles. The first-order valence-corrected chi connectivity index (χ1v) is 16.6. The van der Waals surface area contributed by atoms with Crippen LogP contribution in [0, 0.1) is 17.8 Å². The van der Waals surface area contributed by atoms with E-state index in [-0.39, 0.29) is 43.4 Å². The number of methoxy groups -OCH3 is 1. The zero-order valence-electron chi connectivity index (χ0n) is 25.8. The highest BCUT2D eigenvalue weighted by Crippen LogP contribution is 2.30. The number of piperidine rings is 2. The molecule has 1 aliphatic carbocycles. The zero-order valence-corrected chi connectivity index (χ0v) is 25.8. The molecule has 4 saturated heterocycles.